The fourth-order valence-corrected chi connectivity index (χ4v) is 4.19. The Hall–Kier alpha value is -0.130. The first-order chi connectivity index (χ1) is 8.34. The smallest absolute Gasteiger partial charge is 0.214 e. The molecule has 0 aromatic heterocycles. The zero-order valence-electron chi connectivity index (χ0n) is 12.1. The van der Waals surface area contributed by atoms with Crippen LogP contribution < -0.4 is 10.0 Å². The Morgan fingerprint density at radius 1 is 1.11 bits per heavy atom. The predicted octanol–water partition coefficient (Wildman–Crippen LogP) is 1.59. The highest BCUT2D eigenvalue weighted by Gasteiger charge is 2.28. The lowest BCUT2D eigenvalue weighted by Crippen LogP contribution is -2.44. The van der Waals surface area contributed by atoms with Crippen LogP contribution in [0, 0.1) is 17.8 Å². The number of hydrogen-bond acceptors (Lipinski definition) is 3. The molecule has 0 radical (unpaired) electrons. The van der Waals surface area contributed by atoms with E-state index < -0.39 is 10.0 Å². The number of piperidine rings is 1. The van der Waals surface area contributed by atoms with E-state index in [1.165, 1.54) is 0 Å². The normalized spacial score (nSPS) is 19.1. The SMILES string of the molecule is CC(C)C(CNS(=O)(=O)C1CCNCC1)C(C)C. The summed E-state index contributed by atoms with van der Waals surface area (Å²) in [7, 11) is -3.14. The molecule has 18 heavy (non-hydrogen) atoms. The molecular formula is C13H28N2O2S. The maximum Gasteiger partial charge on any atom is 0.214 e. The first-order valence-corrected chi connectivity index (χ1v) is 8.58. The van der Waals surface area contributed by atoms with Crippen molar-refractivity contribution in [1.29, 1.82) is 0 Å². The van der Waals surface area contributed by atoms with Crippen molar-refractivity contribution in [3.05, 3.63) is 0 Å². The number of sulfonamides is 1. The number of rotatable bonds is 6. The van der Waals surface area contributed by atoms with Crippen LogP contribution in [-0.2, 0) is 10.0 Å². The lowest BCUT2D eigenvalue weighted by atomic mass is 9.86. The van der Waals surface area contributed by atoms with E-state index in [1.54, 1.807) is 0 Å². The van der Waals surface area contributed by atoms with Crippen LogP contribution in [0.4, 0.5) is 0 Å². The number of hydrogen-bond donors (Lipinski definition) is 2. The summed E-state index contributed by atoms with van der Waals surface area (Å²) in [6, 6.07) is 0. The van der Waals surface area contributed by atoms with Gasteiger partial charge >= 0.3 is 0 Å². The van der Waals surface area contributed by atoms with Crippen molar-refractivity contribution < 1.29 is 8.42 Å². The van der Waals surface area contributed by atoms with Crippen molar-refractivity contribution >= 4 is 10.0 Å². The van der Waals surface area contributed by atoms with E-state index >= 15 is 0 Å². The Balaban J connectivity index is 2.54. The van der Waals surface area contributed by atoms with Crippen LogP contribution in [0.25, 0.3) is 0 Å². The fraction of sp³-hybridized carbons (Fsp3) is 1.00. The molecular weight excluding hydrogens is 248 g/mol. The van der Waals surface area contributed by atoms with Gasteiger partial charge in [0.25, 0.3) is 0 Å². The summed E-state index contributed by atoms with van der Waals surface area (Å²) in [5.74, 6) is 1.41. The average Bonchev–Trinajstić information content (AvgIpc) is 2.29. The fourth-order valence-electron chi connectivity index (χ4n) is 2.68. The Morgan fingerprint density at radius 3 is 2.06 bits per heavy atom. The van der Waals surface area contributed by atoms with Crippen LogP contribution >= 0.6 is 0 Å². The molecule has 0 unspecified atom stereocenters. The third-order valence-electron chi connectivity index (χ3n) is 3.96. The molecule has 4 nitrogen and oxygen atoms in total. The van der Waals surface area contributed by atoms with E-state index in [9.17, 15) is 8.42 Å². The van der Waals surface area contributed by atoms with Gasteiger partial charge < -0.3 is 5.32 Å². The highest BCUT2D eigenvalue weighted by molar-refractivity contribution is 7.90. The van der Waals surface area contributed by atoms with E-state index in [2.05, 4.69) is 37.7 Å². The largest absolute Gasteiger partial charge is 0.317 e. The van der Waals surface area contributed by atoms with Crippen molar-refractivity contribution in [2.75, 3.05) is 19.6 Å². The summed E-state index contributed by atoms with van der Waals surface area (Å²) in [5, 5.41) is 2.99. The Kier molecular flexibility index (Phi) is 6.08. The monoisotopic (exact) mass is 276 g/mol. The van der Waals surface area contributed by atoms with Crippen LogP contribution in [0.1, 0.15) is 40.5 Å². The quantitative estimate of drug-likeness (QED) is 0.774. The Labute approximate surface area is 112 Å². The Morgan fingerprint density at radius 2 is 1.61 bits per heavy atom. The summed E-state index contributed by atoms with van der Waals surface area (Å²) >= 11 is 0. The molecule has 2 N–H and O–H groups in total. The lowest BCUT2D eigenvalue weighted by molar-refractivity contribution is 0.288. The van der Waals surface area contributed by atoms with Crippen molar-refractivity contribution in [3.63, 3.8) is 0 Å². The standard InChI is InChI=1S/C13H28N2O2S/c1-10(2)13(11(3)4)9-15-18(16,17)12-5-7-14-8-6-12/h10-15H,5-9H2,1-4H3. The molecule has 0 bridgehead atoms. The van der Waals surface area contributed by atoms with Gasteiger partial charge in [-0.15, -0.1) is 0 Å². The predicted molar refractivity (Wildman–Crippen MR) is 76.0 cm³/mol. The maximum atomic E-state index is 12.2. The molecule has 1 fully saturated rings. The van der Waals surface area contributed by atoms with Gasteiger partial charge in [0.2, 0.25) is 10.0 Å². The summed E-state index contributed by atoms with van der Waals surface area (Å²) in [6.07, 6.45) is 1.45. The lowest BCUT2D eigenvalue weighted by Gasteiger charge is -2.27. The molecule has 5 heteroatoms. The average molecular weight is 276 g/mol. The van der Waals surface area contributed by atoms with Gasteiger partial charge in [0, 0.05) is 6.54 Å². The van der Waals surface area contributed by atoms with Crippen LogP contribution in [0.5, 0.6) is 0 Å². The van der Waals surface area contributed by atoms with Crippen LogP contribution in [-0.4, -0.2) is 33.3 Å². The molecule has 0 aromatic carbocycles. The zero-order valence-corrected chi connectivity index (χ0v) is 12.9. The summed E-state index contributed by atoms with van der Waals surface area (Å²) in [6.45, 7) is 10.8. The molecule has 0 saturated carbocycles. The third-order valence-corrected chi connectivity index (χ3v) is 5.88. The maximum absolute atomic E-state index is 12.2. The van der Waals surface area contributed by atoms with Crippen molar-refractivity contribution in [3.8, 4) is 0 Å². The minimum absolute atomic E-state index is 0.210. The van der Waals surface area contributed by atoms with E-state index in [0.717, 1.165) is 25.9 Å². The van der Waals surface area contributed by atoms with Crippen molar-refractivity contribution in [2.24, 2.45) is 17.8 Å². The molecule has 1 heterocycles. The zero-order chi connectivity index (χ0) is 13.8. The first-order valence-electron chi connectivity index (χ1n) is 7.03. The first kappa shape index (κ1) is 15.9. The molecule has 0 aliphatic carbocycles. The molecule has 0 atom stereocenters. The van der Waals surface area contributed by atoms with Crippen LogP contribution in [0.15, 0.2) is 0 Å². The molecule has 108 valence electrons. The van der Waals surface area contributed by atoms with Gasteiger partial charge in [-0.2, -0.15) is 0 Å². The van der Waals surface area contributed by atoms with Crippen LogP contribution in [0.2, 0.25) is 0 Å². The molecule has 1 rings (SSSR count). The van der Waals surface area contributed by atoms with Gasteiger partial charge in [0.1, 0.15) is 0 Å². The second-order valence-electron chi connectivity index (χ2n) is 5.99. The highest BCUT2D eigenvalue weighted by Crippen LogP contribution is 2.20. The van der Waals surface area contributed by atoms with Crippen molar-refractivity contribution in [1.82, 2.24) is 10.0 Å². The Bertz CT molecular complexity index is 325. The minimum Gasteiger partial charge on any atom is -0.317 e. The van der Waals surface area contributed by atoms with Gasteiger partial charge in [-0.1, -0.05) is 27.7 Å². The minimum atomic E-state index is -3.14. The third kappa shape index (κ3) is 4.52. The van der Waals surface area contributed by atoms with Gasteiger partial charge in [0.05, 0.1) is 5.25 Å². The van der Waals surface area contributed by atoms with Gasteiger partial charge in [-0.3, -0.25) is 0 Å². The van der Waals surface area contributed by atoms with E-state index in [4.69, 9.17) is 0 Å². The van der Waals surface area contributed by atoms with Crippen molar-refractivity contribution in [2.45, 2.75) is 45.8 Å². The van der Waals surface area contributed by atoms with E-state index in [1.807, 2.05) is 0 Å². The molecule has 1 aliphatic heterocycles. The molecule has 0 aromatic rings. The number of nitrogens with one attached hydrogen (secondary N) is 2. The van der Waals surface area contributed by atoms with Gasteiger partial charge in [-0.25, -0.2) is 13.1 Å². The summed E-state index contributed by atoms with van der Waals surface area (Å²) < 4.78 is 27.2. The van der Waals surface area contributed by atoms with Gasteiger partial charge in [0.15, 0.2) is 0 Å². The summed E-state index contributed by atoms with van der Waals surface area (Å²) in [4.78, 5) is 0. The van der Waals surface area contributed by atoms with E-state index in [-0.39, 0.29) is 5.25 Å². The second kappa shape index (κ2) is 6.87. The molecule has 0 amide bonds. The summed E-state index contributed by atoms with van der Waals surface area (Å²) in [5.41, 5.74) is 0. The van der Waals surface area contributed by atoms with E-state index in [0.29, 0.717) is 24.3 Å². The molecule has 1 aliphatic rings. The highest BCUT2D eigenvalue weighted by atomic mass is 32.2. The topological polar surface area (TPSA) is 58.2 Å². The van der Waals surface area contributed by atoms with Gasteiger partial charge in [-0.05, 0) is 43.7 Å². The molecule has 0 spiro atoms. The van der Waals surface area contributed by atoms with Crippen LogP contribution in [0.3, 0.4) is 0 Å². The molecule has 1 saturated heterocycles. The second-order valence-corrected chi connectivity index (χ2v) is 8.04.